The first kappa shape index (κ1) is 25.6. The van der Waals surface area contributed by atoms with E-state index in [0.717, 1.165) is 29.1 Å². The van der Waals surface area contributed by atoms with Gasteiger partial charge in [-0.3, -0.25) is 4.98 Å². The molecule has 0 bridgehead atoms. The molecule has 1 aliphatic carbocycles. The van der Waals surface area contributed by atoms with Gasteiger partial charge in [0.2, 0.25) is 0 Å². The van der Waals surface area contributed by atoms with Crippen LogP contribution in [0.2, 0.25) is 0 Å². The Morgan fingerprint density at radius 2 is 1.65 bits per heavy atom. The maximum absolute atomic E-state index is 13.3. The van der Waals surface area contributed by atoms with E-state index in [1.54, 1.807) is 30.5 Å². The minimum absolute atomic E-state index is 0.0501. The third kappa shape index (κ3) is 5.34. The van der Waals surface area contributed by atoms with Crippen LogP contribution in [0.1, 0.15) is 36.9 Å². The first-order valence-corrected chi connectivity index (χ1v) is 13.6. The van der Waals surface area contributed by atoms with Crippen LogP contribution in [0.25, 0.3) is 11.1 Å². The van der Waals surface area contributed by atoms with E-state index in [-0.39, 0.29) is 10.9 Å². The van der Waals surface area contributed by atoms with Crippen molar-refractivity contribution in [3.8, 4) is 11.1 Å². The van der Waals surface area contributed by atoms with Crippen molar-refractivity contribution in [2.75, 3.05) is 18.5 Å². The van der Waals surface area contributed by atoms with E-state index < -0.39 is 32.4 Å². The molecule has 0 atom stereocenters. The number of nitrogens with zero attached hydrogens (tertiary/aromatic N) is 2. The van der Waals surface area contributed by atoms with E-state index in [9.17, 15) is 21.6 Å². The van der Waals surface area contributed by atoms with Gasteiger partial charge in [-0.15, -0.1) is 0 Å². The normalized spacial score (nSPS) is 21.7. The first-order valence-electron chi connectivity index (χ1n) is 12.0. The lowest BCUT2D eigenvalue weighted by Gasteiger charge is -2.37. The van der Waals surface area contributed by atoms with E-state index >= 15 is 0 Å². The number of aromatic nitrogens is 2. The monoisotopic (exact) mass is 532 g/mol. The van der Waals surface area contributed by atoms with Gasteiger partial charge in [0.1, 0.15) is 11.4 Å². The Morgan fingerprint density at radius 3 is 2.22 bits per heavy atom. The number of sulfone groups is 1. The summed E-state index contributed by atoms with van der Waals surface area (Å²) in [6, 6.07) is 12.8. The van der Waals surface area contributed by atoms with Crippen LogP contribution >= 0.6 is 0 Å². The van der Waals surface area contributed by atoms with Gasteiger partial charge in [-0.2, -0.15) is 13.2 Å². The number of alkyl halides is 3. The van der Waals surface area contributed by atoms with Crippen molar-refractivity contribution in [2.24, 2.45) is 5.73 Å². The Labute approximate surface area is 213 Å². The molecule has 3 N–H and O–H groups in total. The zero-order chi connectivity index (χ0) is 26.3. The Balaban J connectivity index is 1.21. The lowest BCUT2D eigenvalue weighted by Crippen LogP contribution is -2.54. The highest BCUT2D eigenvalue weighted by Crippen LogP contribution is 2.33. The van der Waals surface area contributed by atoms with Crippen molar-refractivity contribution < 1.29 is 26.3 Å². The fraction of sp³-hybridized carbons (Fsp3) is 0.385. The molecule has 1 saturated heterocycles. The minimum Gasteiger partial charge on any atom is -0.377 e. The zero-order valence-electron chi connectivity index (χ0n) is 19.9. The number of hydrogen-bond acceptors (Lipinski definition) is 7. The number of rotatable bonds is 6. The maximum atomic E-state index is 13.3. The largest absolute Gasteiger partial charge is 0.417 e. The van der Waals surface area contributed by atoms with Gasteiger partial charge >= 0.3 is 6.18 Å². The van der Waals surface area contributed by atoms with Crippen molar-refractivity contribution in [3.05, 3.63) is 72.2 Å². The van der Waals surface area contributed by atoms with Gasteiger partial charge in [0.25, 0.3) is 0 Å². The Hall–Kier alpha value is -3.02. The van der Waals surface area contributed by atoms with Crippen molar-refractivity contribution in [1.82, 2.24) is 9.97 Å². The fourth-order valence-corrected chi connectivity index (χ4v) is 6.55. The molecule has 0 radical (unpaired) electrons. The summed E-state index contributed by atoms with van der Waals surface area (Å²) in [5, 5.41) is 2.61. The zero-order valence-corrected chi connectivity index (χ0v) is 20.7. The average Bonchev–Trinajstić information content (AvgIpc) is 2.87. The predicted octanol–water partition coefficient (Wildman–Crippen LogP) is 4.54. The Kier molecular flexibility index (Phi) is 6.71. The van der Waals surface area contributed by atoms with Gasteiger partial charge in [0, 0.05) is 18.4 Å². The molecule has 0 unspecified atom stereocenters. The van der Waals surface area contributed by atoms with Crippen LogP contribution in [0.5, 0.6) is 0 Å². The number of hydrogen-bond donors (Lipinski definition) is 2. The van der Waals surface area contributed by atoms with E-state index in [4.69, 9.17) is 10.5 Å². The molecule has 5 rings (SSSR count). The molecular formula is C26H27F3N4O3S. The van der Waals surface area contributed by atoms with Crippen molar-refractivity contribution in [3.63, 3.8) is 0 Å². The summed E-state index contributed by atoms with van der Waals surface area (Å²) in [6.07, 6.45) is 0.118. The van der Waals surface area contributed by atoms with Crippen LogP contribution < -0.4 is 11.1 Å². The molecule has 0 spiro atoms. The summed E-state index contributed by atoms with van der Waals surface area (Å²) in [5.41, 5.74) is 7.40. The summed E-state index contributed by atoms with van der Waals surface area (Å²) in [5.74, 6) is 0.347. The number of pyridine rings is 2. The summed E-state index contributed by atoms with van der Waals surface area (Å²) in [4.78, 5) is 8.49. The molecule has 2 aromatic heterocycles. The average molecular weight is 533 g/mol. The van der Waals surface area contributed by atoms with Crippen LogP contribution in [0, 0.1) is 0 Å². The number of anilines is 1. The fourth-order valence-electron chi connectivity index (χ4n) is 4.76. The second-order valence-electron chi connectivity index (χ2n) is 9.70. The molecule has 1 saturated carbocycles. The first-order chi connectivity index (χ1) is 17.5. The number of nitrogens with two attached hydrogens (primary N) is 1. The lowest BCUT2D eigenvalue weighted by atomic mass is 9.92. The topological polar surface area (TPSA) is 107 Å². The van der Waals surface area contributed by atoms with Gasteiger partial charge in [0.05, 0.1) is 34.6 Å². The van der Waals surface area contributed by atoms with Gasteiger partial charge in [0.15, 0.2) is 9.84 Å². The van der Waals surface area contributed by atoms with Crippen LogP contribution in [0.15, 0.2) is 65.8 Å². The van der Waals surface area contributed by atoms with Crippen molar-refractivity contribution in [1.29, 1.82) is 0 Å². The molecule has 11 heteroatoms. The third-order valence-corrected chi connectivity index (χ3v) is 9.34. The van der Waals surface area contributed by atoms with Crippen LogP contribution in [0.3, 0.4) is 0 Å². The van der Waals surface area contributed by atoms with Gasteiger partial charge < -0.3 is 15.8 Å². The third-order valence-electron chi connectivity index (χ3n) is 7.06. The molecule has 196 valence electrons. The molecule has 1 aromatic carbocycles. The molecule has 3 aromatic rings. The quantitative estimate of drug-likeness (QED) is 0.480. The molecule has 1 aliphatic heterocycles. The molecular weight excluding hydrogens is 505 g/mol. The number of nitrogens with one attached hydrogen (secondary N) is 1. The lowest BCUT2D eigenvalue weighted by molar-refractivity contribution is -0.137. The maximum Gasteiger partial charge on any atom is 0.417 e. The predicted molar refractivity (Wildman–Crippen MR) is 132 cm³/mol. The van der Waals surface area contributed by atoms with Crippen LogP contribution in [-0.2, 0) is 26.3 Å². The molecule has 2 aliphatic rings. The van der Waals surface area contributed by atoms with E-state index in [1.165, 1.54) is 6.07 Å². The SMILES string of the molecule is NC1(c2cc(-c3ccc(S(=O)(=O)[C@H]4CC[C@H](Nc5ccc(C(F)(F)F)cn5)CC4)cc3)ccn2)COC1. The number of ether oxygens (including phenoxy) is 1. The van der Waals surface area contributed by atoms with Gasteiger partial charge in [-0.25, -0.2) is 13.4 Å². The van der Waals surface area contributed by atoms with Crippen LogP contribution in [0.4, 0.5) is 19.0 Å². The standard InChI is InChI=1S/C26H27F3N4O3S/c27-26(28,29)19-3-10-24(32-14-19)33-20-4-8-22(9-5-20)37(34,35)21-6-1-17(2-7-21)18-11-12-31-23(13-18)25(30)15-36-16-25/h1-3,6-7,10-14,20,22H,4-5,8-9,15-16,30H2,(H,32,33)/t20-,22-. The highest BCUT2D eigenvalue weighted by molar-refractivity contribution is 7.92. The smallest absolute Gasteiger partial charge is 0.377 e. The molecule has 2 fully saturated rings. The van der Waals surface area contributed by atoms with Gasteiger partial charge in [-0.1, -0.05) is 12.1 Å². The summed E-state index contributed by atoms with van der Waals surface area (Å²) in [7, 11) is -3.52. The highest BCUT2D eigenvalue weighted by atomic mass is 32.2. The summed E-state index contributed by atoms with van der Waals surface area (Å²) in [6.45, 7) is 0.832. The second-order valence-corrected chi connectivity index (χ2v) is 11.9. The van der Waals surface area contributed by atoms with Gasteiger partial charge in [-0.05, 0) is 73.2 Å². The summed E-state index contributed by atoms with van der Waals surface area (Å²) >= 11 is 0. The molecule has 37 heavy (non-hydrogen) atoms. The second kappa shape index (κ2) is 9.70. The highest BCUT2D eigenvalue weighted by Gasteiger charge is 2.38. The van der Waals surface area contributed by atoms with Crippen molar-refractivity contribution >= 4 is 15.7 Å². The Bertz CT molecular complexity index is 1350. The molecule has 0 amide bonds. The number of benzene rings is 1. The van der Waals surface area contributed by atoms with E-state index in [0.29, 0.717) is 44.7 Å². The van der Waals surface area contributed by atoms with Crippen LogP contribution in [-0.4, -0.2) is 42.9 Å². The van der Waals surface area contributed by atoms with E-state index in [2.05, 4.69) is 15.3 Å². The van der Waals surface area contributed by atoms with E-state index in [1.807, 2.05) is 12.1 Å². The summed E-state index contributed by atoms with van der Waals surface area (Å²) < 4.78 is 70.0. The molecule has 3 heterocycles. The van der Waals surface area contributed by atoms with Crippen molar-refractivity contribution in [2.45, 2.75) is 53.6 Å². The minimum atomic E-state index is -4.43. The number of halogens is 3. The Morgan fingerprint density at radius 1 is 0.946 bits per heavy atom. The molecule has 7 nitrogen and oxygen atoms in total.